The van der Waals surface area contributed by atoms with Gasteiger partial charge in [0.2, 0.25) is 5.91 Å². The first-order valence-electron chi connectivity index (χ1n) is 6.57. The molecule has 1 rings (SSSR count). The van der Waals surface area contributed by atoms with Crippen LogP contribution in [-0.2, 0) is 4.79 Å². The Balaban J connectivity index is 2.65. The van der Waals surface area contributed by atoms with Crippen LogP contribution in [0.3, 0.4) is 0 Å². The van der Waals surface area contributed by atoms with Gasteiger partial charge in [0, 0.05) is 23.7 Å². The van der Waals surface area contributed by atoms with E-state index in [4.69, 9.17) is 16.9 Å². The average molecular weight is 308 g/mol. The summed E-state index contributed by atoms with van der Waals surface area (Å²) in [5.74, 6) is -0.575. The summed E-state index contributed by atoms with van der Waals surface area (Å²) in [7, 11) is 1.62. The van der Waals surface area contributed by atoms with E-state index < -0.39 is 6.04 Å². The van der Waals surface area contributed by atoms with E-state index >= 15 is 0 Å². The van der Waals surface area contributed by atoms with E-state index in [2.05, 4.69) is 5.32 Å². The molecule has 0 aromatic heterocycles. The molecule has 0 radical (unpaired) electrons. The minimum atomic E-state index is -0.667. The predicted octanol–water partition coefficient (Wildman–Crippen LogP) is 2.22. The van der Waals surface area contributed by atoms with Crippen LogP contribution in [0, 0.1) is 11.3 Å². The molecule has 0 bridgehead atoms. The third kappa shape index (κ3) is 4.76. The number of hydrogen-bond donors (Lipinski definition) is 1. The van der Waals surface area contributed by atoms with Crippen LogP contribution < -0.4 is 5.32 Å². The lowest BCUT2D eigenvalue weighted by molar-refractivity contribution is -0.133. The van der Waals surface area contributed by atoms with E-state index in [1.54, 1.807) is 45.2 Å². The number of benzene rings is 1. The highest BCUT2D eigenvalue weighted by atomic mass is 35.5. The van der Waals surface area contributed by atoms with E-state index in [1.807, 2.05) is 6.07 Å². The van der Waals surface area contributed by atoms with Crippen LogP contribution in [-0.4, -0.2) is 35.8 Å². The summed E-state index contributed by atoms with van der Waals surface area (Å²) < 4.78 is 0. The van der Waals surface area contributed by atoms with Crippen molar-refractivity contribution in [2.45, 2.75) is 32.4 Å². The van der Waals surface area contributed by atoms with Gasteiger partial charge in [-0.15, -0.1) is 0 Å². The molecule has 0 spiro atoms. The van der Waals surface area contributed by atoms with Gasteiger partial charge in [-0.1, -0.05) is 11.6 Å². The normalized spacial score (nSPS) is 12.9. The summed E-state index contributed by atoms with van der Waals surface area (Å²) in [4.78, 5) is 25.6. The first kappa shape index (κ1) is 17.0. The van der Waals surface area contributed by atoms with Crippen molar-refractivity contribution in [3.05, 3.63) is 34.9 Å². The number of nitriles is 1. The topological polar surface area (TPSA) is 73.2 Å². The number of nitrogens with one attached hydrogen (secondary N) is 1. The minimum Gasteiger partial charge on any atom is -0.341 e. The fraction of sp³-hybridized carbons (Fsp3) is 0.400. The molecule has 0 aliphatic rings. The summed E-state index contributed by atoms with van der Waals surface area (Å²) in [6, 6.07) is 7.57. The molecule has 0 fully saturated rings. The lowest BCUT2D eigenvalue weighted by atomic mass is 10.1. The van der Waals surface area contributed by atoms with Gasteiger partial charge in [-0.2, -0.15) is 5.26 Å². The molecule has 0 aliphatic heterocycles. The molecule has 2 amide bonds. The Morgan fingerprint density at radius 1 is 1.33 bits per heavy atom. The maximum absolute atomic E-state index is 12.2. The molecule has 1 N–H and O–H groups in total. The van der Waals surface area contributed by atoms with Gasteiger partial charge in [0.15, 0.2) is 0 Å². The molecule has 6 heteroatoms. The molecule has 21 heavy (non-hydrogen) atoms. The molecule has 2 atom stereocenters. The van der Waals surface area contributed by atoms with Gasteiger partial charge in [-0.3, -0.25) is 9.59 Å². The second kappa shape index (κ2) is 7.65. The summed E-state index contributed by atoms with van der Waals surface area (Å²) in [5, 5.41) is 11.8. The number of likely N-dealkylation sites (N-methyl/N-ethyl adjacent to an activating group) is 1. The number of halogens is 1. The van der Waals surface area contributed by atoms with Crippen LogP contribution in [0.4, 0.5) is 0 Å². The third-order valence-corrected chi connectivity index (χ3v) is 3.47. The molecule has 0 aliphatic carbocycles. The van der Waals surface area contributed by atoms with Gasteiger partial charge >= 0.3 is 0 Å². The zero-order chi connectivity index (χ0) is 16.0. The van der Waals surface area contributed by atoms with Gasteiger partial charge in [0.25, 0.3) is 5.91 Å². The second-order valence-electron chi connectivity index (χ2n) is 4.86. The van der Waals surface area contributed by atoms with Crippen molar-refractivity contribution < 1.29 is 9.59 Å². The van der Waals surface area contributed by atoms with Crippen LogP contribution in [0.1, 0.15) is 30.6 Å². The van der Waals surface area contributed by atoms with E-state index in [0.717, 1.165) is 0 Å². The van der Waals surface area contributed by atoms with E-state index in [9.17, 15) is 9.59 Å². The summed E-state index contributed by atoms with van der Waals surface area (Å²) in [6.45, 7) is 3.40. The summed E-state index contributed by atoms with van der Waals surface area (Å²) in [6.07, 6.45) is 0.250. The fourth-order valence-corrected chi connectivity index (χ4v) is 1.86. The van der Waals surface area contributed by atoms with Crippen molar-refractivity contribution in [1.29, 1.82) is 5.26 Å². The minimum absolute atomic E-state index is 0.197. The molecular weight excluding hydrogens is 290 g/mol. The van der Waals surface area contributed by atoms with Crippen LogP contribution >= 0.6 is 11.6 Å². The van der Waals surface area contributed by atoms with Crippen LogP contribution in [0.2, 0.25) is 5.02 Å². The Morgan fingerprint density at radius 2 is 1.90 bits per heavy atom. The number of nitrogens with zero attached hydrogens (tertiary/aromatic N) is 2. The largest absolute Gasteiger partial charge is 0.341 e. The summed E-state index contributed by atoms with van der Waals surface area (Å²) in [5.41, 5.74) is 0.437. The Labute approximate surface area is 129 Å². The average Bonchev–Trinajstić information content (AvgIpc) is 2.46. The zero-order valence-corrected chi connectivity index (χ0v) is 13.0. The number of carbonyl (C=O) groups excluding carboxylic acids is 2. The van der Waals surface area contributed by atoms with Crippen LogP contribution in [0.25, 0.3) is 0 Å². The Bertz CT molecular complexity index is 551. The Hall–Kier alpha value is -2.06. The highest BCUT2D eigenvalue weighted by Gasteiger charge is 2.23. The van der Waals surface area contributed by atoms with Gasteiger partial charge in [0.1, 0.15) is 6.04 Å². The quantitative estimate of drug-likeness (QED) is 0.906. The van der Waals surface area contributed by atoms with Gasteiger partial charge in [-0.25, -0.2) is 0 Å². The third-order valence-electron chi connectivity index (χ3n) is 3.22. The van der Waals surface area contributed by atoms with Gasteiger partial charge in [0.05, 0.1) is 12.5 Å². The SMILES string of the molecule is CC(NC(=O)c1ccc(Cl)cc1)C(=O)N(C)C(C)CC#N. The second-order valence-corrected chi connectivity index (χ2v) is 5.30. The molecule has 0 saturated carbocycles. The van der Waals surface area contributed by atoms with E-state index in [-0.39, 0.29) is 24.3 Å². The van der Waals surface area contributed by atoms with Crippen molar-refractivity contribution in [2.75, 3.05) is 7.05 Å². The number of carbonyl (C=O) groups is 2. The first-order chi connectivity index (χ1) is 9.86. The fourth-order valence-electron chi connectivity index (χ4n) is 1.73. The molecule has 0 heterocycles. The van der Waals surface area contributed by atoms with E-state index in [0.29, 0.717) is 10.6 Å². The first-order valence-corrected chi connectivity index (χ1v) is 6.94. The molecular formula is C15H18ClN3O2. The Morgan fingerprint density at radius 3 is 2.43 bits per heavy atom. The molecule has 1 aromatic carbocycles. The van der Waals surface area contributed by atoms with Gasteiger partial charge in [-0.05, 0) is 38.1 Å². The molecule has 2 unspecified atom stereocenters. The predicted molar refractivity (Wildman–Crippen MR) is 80.8 cm³/mol. The zero-order valence-electron chi connectivity index (χ0n) is 12.3. The number of hydrogen-bond acceptors (Lipinski definition) is 3. The maximum Gasteiger partial charge on any atom is 0.251 e. The highest BCUT2D eigenvalue weighted by molar-refractivity contribution is 6.30. The van der Waals surface area contributed by atoms with Crippen molar-refractivity contribution in [2.24, 2.45) is 0 Å². The monoisotopic (exact) mass is 307 g/mol. The van der Waals surface area contributed by atoms with Crippen molar-refractivity contribution >= 4 is 23.4 Å². The maximum atomic E-state index is 12.2. The standard InChI is InChI=1S/C15H18ClN3O2/c1-10(8-9-17)19(3)15(21)11(2)18-14(20)12-4-6-13(16)7-5-12/h4-7,10-11H,8H2,1-3H3,(H,18,20). The van der Waals surface area contributed by atoms with Crippen molar-refractivity contribution in [3.8, 4) is 6.07 Å². The van der Waals surface area contributed by atoms with E-state index in [1.165, 1.54) is 4.90 Å². The molecule has 1 aromatic rings. The Kier molecular flexibility index (Phi) is 6.19. The lowest BCUT2D eigenvalue weighted by Gasteiger charge is -2.26. The number of rotatable bonds is 5. The van der Waals surface area contributed by atoms with Crippen LogP contribution in [0.15, 0.2) is 24.3 Å². The smallest absolute Gasteiger partial charge is 0.251 e. The van der Waals surface area contributed by atoms with Gasteiger partial charge < -0.3 is 10.2 Å². The highest BCUT2D eigenvalue weighted by Crippen LogP contribution is 2.10. The lowest BCUT2D eigenvalue weighted by Crippen LogP contribution is -2.48. The summed E-state index contributed by atoms with van der Waals surface area (Å²) >= 11 is 5.76. The molecule has 0 saturated heterocycles. The molecule has 112 valence electrons. The van der Waals surface area contributed by atoms with Crippen LogP contribution in [0.5, 0.6) is 0 Å². The van der Waals surface area contributed by atoms with Crippen molar-refractivity contribution in [1.82, 2.24) is 10.2 Å². The van der Waals surface area contributed by atoms with Crippen molar-refractivity contribution in [3.63, 3.8) is 0 Å². The number of amides is 2. The molecule has 5 nitrogen and oxygen atoms in total.